The largest absolute Gasteiger partial charge is 0.457 e. The van der Waals surface area contributed by atoms with Crippen LogP contribution >= 0.6 is 15.9 Å². The molecular weight excluding hydrogens is 521 g/mol. The maximum absolute atomic E-state index is 13.7. The zero-order chi connectivity index (χ0) is 25.3. The third kappa shape index (κ3) is 5.43. The number of aryl methyl sites for hydroxylation is 2. The summed E-state index contributed by atoms with van der Waals surface area (Å²) in [6, 6.07) is 20.5. The van der Waals surface area contributed by atoms with Crippen LogP contribution in [0.2, 0.25) is 0 Å². The normalized spacial score (nSPS) is 11.5. The van der Waals surface area contributed by atoms with Crippen LogP contribution in [0.5, 0.6) is 11.5 Å². The molecule has 8 heteroatoms. The lowest BCUT2D eigenvalue weighted by molar-refractivity contribution is -0.137. The van der Waals surface area contributed by atoms with Crippen LogP contribution in [0.25, 0.3) is 11.3 Å². The van der Waals surface area contributed by atoms with E-state index in [1.54, 1.807) is 36.4 Å². The highest BCUT2D eigenvalue weighted by Gasteiger charge is 2.35. The third-order valence-electron chi connectivity index (χ3n) is 5.65. The Morgan fingerprint density at radius 1 is 0.943 bits per heavy atom. The van der Waals surface area contributed by atoms with Crippen LogP contribution in [0.4, 0.5) is 18.9 Å². The Labute approximate surface area is 208 Å². The fraction of sp³-hybridized carbons (Fsp3) is 0.148. The summed E-state index contributed by atoms with van der Waals surface area (Å²) in [7, 11) is 0. The van der Waals surface area contributed by atoms with Crippen LogP contribution in [-0.4, -0.2) is 4.57 Å². The number of hydrogen-bond acceptors (Lipinski definition) is 3. The smallest absolute Gasteiger partial charge is 0.418 e. The molecular formula is C27H22BrF3N2O2. The number of pyridine rings is 1. The van der Waals surface area contributed by atoms with Crippen LogP contribution in [0, 0.1) is 13.8 Å². The van der Waals surface area contributed by atoms with E-state index in [9.17, 15) is 18.0 Å². The topological polar surface area (TPSA) is 57.2 Å². The summed E-state index contributed by atoms with van der Waals surface area (Å²) in [6.07, 6.45) is -4.76. The molecule has 4 rings (SSSR count). The Bertz CT molecular complexity index is 1440. The fourth-order valence-corrected chi connectivity index (χ4v) is 4.23. The molecule has 0 atom stereocenters. The molecule has 1 heterocycles. The summed E-state index contributed by atoms with van der Waals surface area (Å²) >= 11 is 3.38. The summed E-state index contributed by atoms with van der Waals surface area (Å²) in [6.45, 7) is 3.93. The number of hydrogen-bond donors (Lipinski definition) is 1. The molecule has 0 spiro atoms. The Hall–Kier alpha value is -3.52. The molecule has 0 amide bonds. The van der Waals surface area contributed by atoms with Gasteiger partial charge >= 0.3 is 6.18 Å². The maximum Gasteiger partial charge on any atom is 0.418 e. The van der Waals surface area contributed by atoms with Gasteiger partial charge in [-0.1, -0.05) is 45.8 Å². The summed E-state index contributed by atoms with van der Waals surface area (Å²) in [4.78, 5) is 13.1. The van der Waals surface area contributed by atoms with Gasteiger partial charge in [0.05, 0.1) is 17.8 Å². The van der Waals surface area contributed by atoms with Gasteiger partial charge in [-0.3, -0.25) is 4.79 Å². The number of nitrogens with zero attached hydrogens (tertiary/aromatic N) is 1. The van der Waals surface area contributed by atoms with Crippen molar-refractivity contribution in [3.63, 3.8) is 0 Å². The van der Waals surface area contributed by atoms with Crippen molar-refractivity contribution in [2.75, 3.05) is 5.73 Å². The van der Waals surface area contributed by atoms with Gasteiger partial charge in [-0.15, -0.1) is 0 Å². The van der Waals surface area contributed by atoms with Crippen molar-refractivity contribution in [1.82, 2.24) is 4.57 Å². The van der Waals surface area contributed by atoms with Gasteiger partial charge in [-0.25, -0.2) is 0 Å². The molecule has 0 radical (unpaired) electrons. The Balaban J connectivity index is 1.80. The van der Waals surface area contributed by atoms with E-state index in [0.29, 0.717) is 17.1 Å². The summed E-state index contributed by atoms with van der Waals surface area (Å²) in [5.74, 6) is 1.10. The minimum atomic E-state index is -4.76. The number of rotatable bonds is 5. The predicted octanol–water partition coefficient (Wildman–Crippen LogP) is 7.34. The van der Waals surface area contributed by atoms with E-state index in [1.165, 1.54) is 4.57 Å². The lowest BCUT2D eigenvalue weighted by Gasteiger charge is -2.19. The first-order valence-electron chi connectivity index (χ1n) is 10.7. The molecule has 0 bridgehead atoms. The number of anilines is 1. The Morgan fingerprint density at radius 3 is 2.29 bits per heavy atom. The Kier molecular flexibility index (Phi) is 6.76. The number of nitrogen functional groups attached to an aromatic ring is 1. The van der Waals surface area contributed by atoms with Crippen LogP contribution in [-0.2, 0) is 12.7 Å². The van der Waals surface area contributed by atoms with Gasteiger partial charge in [0, 0.05) is 4.47 Å². The minimum absolute atomic E-state index is 0.0823. The highest BCUT2D eigenvalue weighted by molar-refractivity contribution is 9.10. The van der Waals surface area contributed by atoms with Crippen LogP contribution in [0.3, 0.4) is 0 Å². The van der Waals surface area contributed by atoms with Gasteiger partial charge in [0.15, 0.2) is 0 Å². The Morgan fingerprint density at radius 2 is 1.66 bits per heavy atom. The molecule has 1 aromatic heterocycles. The van der Waals surface area contributed by atoms with Crippen LogP contribution in [0.15, 0.2) is 82.1 Å². The van der Waals surface area contributed by atoms with Crippen molar-refractivity contribution in [3.05, 3.63) is 110 Å². The summed E-state index contributed by atoms with van der Waals surface area (Å²) in [5, 5.41) is 0. The van der Waals surface area contributed by atoms with Gasteiger partial charge in [0.1, 0.15) is 17.2 Å². The molecule has 0 aliphatic carbocycles. The lowest BCUT2D eigenvalue weighted by atomic mass is 10.0. The van der Waals surface area contributed by atoms with Crippen molar-refractivity contribution in [2.24, 2.45) is 0 Å². The molecule has 4 nitrogen and oxygen atoms in total. The average Bonchev–Trinajstić information content (AvgIpc) is 2.78. The van der Waals surface area contributed by atoms with E-state index in [4.69, 9.17) is 10.5 Å². The first-order chi connectivity index (χ1) is 16.5. The minimum Gasteiger partial charge on any atom is -0.457 e. The van der Waals surface area contributed by atoms with Crippen molar-refractivity contribution in [3.8, 4) is 22.8 Å². The number of aromatic nitrogens is 1. The SMILES string of the molecule is Cc1ccc(Cn2c(-c3ccc(Oc4cccc(Br)c4)cc3)cc(C(F)(F)F)c(N)c2=O)c(C)c1. The monoisotopic (exact) mass is 542 g/mol. The van der Waals surface area contributed by atoms with Gasteiger partial charge in [-0.2, -0.15) is 13.2 Å². The van der Waals surface area contributed by atoms with Crippen molar-refractivity contribution in [1.29, 1.82) is 0 Å². The van der Waals surface area contributed by atoms with E-state index in [-0.39, 0.29) is 12.2 Å². The van der Waals surface area contributed by atoms with E-state index >= 15 is 0 Å². The number of halogens is 4. The fourth-order valence-electron chi connectivity index (χ4n) is 3.85. The zero-order valence-electron chi connectivity index (χ0n) is 19.0. The van der Waals surface area contributed by atoms with Crippen molar-refractivity contribution >= 4 is 21.6 Å². The molecule has 2 N–H and O–H groups in total. The second-order valence-corrected chi connectivity index (χ2v) is 9.18. The quantitative estimate of drug-likeness (QED) is 0.287. The molecule has 3 aromatic carbocycles. The number of nitrogens with two attached hydrogens (primary N) is 1. The van der Waals surface area contributed by atoms with E-state index < -0.39 is 23.0 Å². The van der Waals surface area contributed by atoms with Gasteiger partial charge in [0.2, 0.25) is 0 Å². The second kappa shape index (κ2) is 9.62. The average molecular weight is 543 g/mol. The van der Waals surface area contributed by atoms with E-state index in [2.05, 4.69) is 15.9 Å². The highest BCUT2D eigenvalue weighted by atomic mass is 79.9. The molecule has 0 unspecified atom stereocenters. The van der Waals surface area contributed by atoms with E-state index in [1.807, 2.05) is 44.2 Å². The summed E-state index contributed by atoms with van der Waals surface area (Å²) < 4.78 is 49.0. The number of ether oxygens (including phenoxy) is 1. The number of alkyl halides is 3. The molecule has 35 heavy (non-hydrogen) atoms. The molecule has 0 saturated carbocycles. The highest BCUT2D eigenvalue weighted by Crippen LogP contribution is 2.35. The molecule has 0 aliphatic heterocycles. The predicted molar refractivity (Wildman–Crippen MR) is 135 cm³/mol. The number of benzene rings is 3. The zero-order valence-corrected chi connectivity index (χ0v) is 20.6. The lowest BCUT2D eigenvalue weighted by Crippen LogP contribution is -2.29. The molecule has 4 aromatic rings. The van der Waals surface area contributed by atoms with Gasteiger partial charge < -0.3 is 15.0 Å². The van der Waals surface area contributed by atoms with Crippen molar-refractivity contribution in [2.45, 2.75) is 26.6 Å². The second-order valence-electron chi connectivity index (χ2n) is 8.26. The third-order valence-corrected chi connectivity index (χ3v) is 6.14. The van der Waals surface area contributed by atoms with Crippen LogP contribution in [0.1, 0.15) is 22.3 Å². The molecule has 0 aliphatic rings. The maximum atomic E-state index is 13.7. The standard InChI is InChI=1S/C27H22BrF3N2O2/c1-16-6-7-19(17(2)12-16)15-33-24(14-23(27(29,30)31)25(32)26(33)34)18-8-10-21(11-9-18)35-22-5-3-4-20(28)13-22/h3-14H,15,32H2,1-2H3. The summed E-state index contributed by atoms with van der Waals surface area (Å²) in [5.41, 5.74) is 6.16. The van der Waals surface area contributed by atoms with Crippen LogP contribution < -0.4 is 16.0 Å². The van der Waals surface area contributed by atoms with Gasteiger partial charge in [0.25, 0.3) is 5.56 Å². The molecule has 0 saturated heterocycles. The van der Waals surface area contributed by atoms with Crippen molar-refractivity contribution < 1.29 is 17.9 Å². The van der Waals surface area contributed by atoms with E-state index in [0.717, 1.165) is 27.2 Å². The van der Waals surface area contributed by atoms with Gasteiger partial charge in [-0.05, 0) is 79.1 Å². The molecule has 0 fully saturated rings. The first-order valence-corrected chi connectivity index (χ1v) is 11.5. The first kappa shape index (κ1) is 24.6. The molecule has 180 valence electrons.